The first-order valence-electron chi connectivity index (χ1n) is 9.47. The molecule has 1 fully saturated rings. The molecule has 2 heterocycles. The number of carbonyl (C=O) groups is 2. The number of nitrogens with one attached hydrogen (secondary N) is 2. The Kier molecular flexibility index (Phi) is 6.91. The number of thioether (sulfide) groups is 1. The molecule has 1 aliphatic heterocycles. The van der Waals surface area contributed by atoms with Crippen LogP contribution in [0.3, 0.4) is 0 Å². The fourth-order valence-corrected chi connectivity index (χ4v) is 6.77. The number of hydrogen-bond donors (Lipinski definition) is 2. The molecule has 0 radical (unpaired) electrons. The number of sulfonamides is 1. The Hall–Kier alpha value is -1.88. The number of thiophene rings is 1. The summed E-state index contributed by atoms with van der Waals surface area (Å²) >= 11 is 2.81. The summed E-state index contributed by atoms with van der Waals surface area (Å²) in [6.07, 6.45) is 0. The lowest BCUT2D eigenvalue weighted by Gasteiger charge is -2.25. The van der Waals surface area contributed by atoms with Crippen molar-refractivity contribution in [2.75, 3.05) is 29.9 Å². The fraction of sp³-hybridized carbons (Fsp3) is 0.400. The highest BCUT2D eigenvalue weighted by molar-refractivity contribution is 7.99. The Labute approximate surface area is 185 Å². The molecule has 0 atom stereocenters. The summed E-state index contributed by atoms with van der Waals surface area (Å²) < 4.78 is 27.4. The lowest BCUT2D eigenvalue weighted by atomic mass is 10.1. The quantitative estimate of drug-likeness (QED) is 0.704. The van der Waals surface area contributed by atoms with Gasteiger partial charge in [-0.1, -0.05) is 0 Å². The molecule has 1 aliphatic rings. The molecule has 1 aromatic carbocycles. The maximum Gasteiger partial charge on any atom is 0.267 e. The number of benzene rings is 1. The second kappa shape index (κ2) is 9.09. The predicted octanol–water partition coefficient (Wildman–Crippen LogP) is 3.27. The van der Waals surface area contributed by atoms with E-state index in [1.165, 1.54) is 10.4 Å². The van der Waals surface area contributed by atoms with Crippen molar-refractivity contribution in [2.24, 2.45) is 0 Å². The number of carbonyl (C=O) groups excluding carboxylic acids is 2. The molecule has 10 heteroatoms. The smallest absolute Gasteiger partial charge is 0.267 e. The second-order valence-electron chi connectivity index (χ2n) is 7.87. The summed E-state index contributed by atoms with van der Waals surface area (Å²) in [6, 6.07) is 7.97. The minimum Gasteiger partial charge on any atom is -0.347 e. The lowest BCUT2D eigenvalue weighted by Crippen LogP contribution is -2.40. The van der Waals surface area contributed by atoms with Crippen molar-refractivity contribution in [1.29, 1.82) is 0 Å². The third-order valence-electron chi connectivity index (χ3n) is 4.32. The first kappa shape index (κ1) is 22.8. The minimum atomic E-state index is -3.71. The largest absolute Gasteiger partial charge is 0.347 e. The van der Waals surface area contributed by atoms with Crippen LogP contribution in [0.2, 0.25) is 0 Å². The van der Waals surface area contributed by atoms with Crippen LogP contribution in [0.5, 0.6) is 0 Å². The monoisotopic (exact) mass is 467 g/mol. The number of hydrogen-bond acceptors (Lipinski definition) is 6. The van der Waals surface area contributed by atoms with E-state index in [1.54, 1.807) is 41.4 Å². The third kappa shape index (κ3) is 5.42. The van der Waals surface area contributed by atoms with E-state index in [9.17, 15) is 18.0 Å². The normalized spacial score (nSPS) is 15.6. The maximum absolute atomic E-state index is 13.0. The molecule has 1 saturated heterocycles. The van der Waals surface area contributed by atoms with E-state index in [0.29, 0.717) is 24.3 Å². The molecular weight excluding hydrogens is 442 g/mol. The standard InChI is InChI=1S/C20H25N3O4S3/c1-20(2,3)22-18(24)14-4-6-15(7-5-14)21-19(25)17-16(8-11-29-17)30(26,27)23-9-12-28-13-10-23/h4-8,11H,9-10,12-13H2,1-3H3,(H,21,25)(H,22,24). The number of anilines is 1. The topological polar surface area (TPSA) is 95.6 Å². The summed E-state index contributed by atoms with van der Waals surface area (Å²) in [5.41, 5.74) is 0.613. The van der Waals surface area contributed by atoms with Crippen molar-refractivity contribution in [3.05, 3.63) is 46.2 Å². The van der Waals surface area contributed by atoms with Crippen LogP contribution in [0.1, 0.15) is 40.8 Å². The van der Waals surface area contributed by atoms with Gasteiger partial charge in [0.15, 0.2) is 0 Å². The molecule has 0 saturated carbocycles. The van der Waals surface area contributed by atoms with Crippen LogP contribution in [-0.4, -0.2) is 54.7 Å². The minimum absolute atomic E-state index is 0.0399. The average molecular weight is 468 g/mol. The second-order valence-corrected chi connectivity index (χ2v) is 11.9. The highest BCUT2D eigenvalue weighted by Crippen LogP contribution is 2.28. The Morgan fingerprint density at radius 2 is 1.63 bits per heavy atom. The van der Waals surface area contributed by atoms with E-state index >= 15 is 0 Å². The molecule has 0 aliphatic carbocycles. The van der Waals surface area contributed by atoms with E-state index in [4.69, 9.17) is 0 Å². The van der Waals surface area contributed by atoms with Crippen molar-refractivity contribution < 1.29 is 18.0 Å². The Morgan fingerprint density at radius 3 is 2.23 bits per heavy atom. The Morgan fingerprint density at radius 1 is 1.00 bits per heavy atom. The van der Waals surface area contributed by atoms with Crippen LogP contribution in [0.15, 0.2) is 40.6 Å². The molecule has 7 nitrogen and oxygen atoms in total. The van der Waals surface area contributed by atoms with Crippen molar-refractivity contribution in [3.8, 4) is 0 Å². The van der Waals surface area contributed by atoms with Gasteiger partial charge in [0, 0.05) is 41.4 Å². The van der Waals surface area contributed by atoms with Crippen LogP contribution in [0.4, 0.5) is 5.69 Å². The van der Waals surface area contributed by atoms with Crippen molar-refractivity contribution >= 4 is 50.6 Å². The highest BCUT2D eigenvalue weighted by Gasteiger charge is 2.31. The van der Waals surface area contributed by atoms with E-state index in [0.717, 1.165) is 22.8 Å². The van der Waals surface area contributed by atoms with Gasteiger partial charge >= 0.3 is 0 Å². The predicted molar refractivity (Wildman–Crippen MR) is 122 cm³/mol. The van der Waals surface area contributed by atoms with Gasteiger partial charge < -0.3 is 10.6 Å². The van der Waals surface area contributed by atoms with Gasteiger partial charge in [0.25, 0.3) is 11.8 Å². The van der Waals surface area contributed by atoms with Gasteiger partial charge in [-0.15, -0.1) is 11.3 Å². The summed E-state index contributed by atoms with van der Waals surface area (Å²) in [7, 11) is -3.71. The zero-order chi connectivity index (χ0) is 21.9. The van der Waals surface area contributed by atoms with Crippen molar-refractivity contribution in [3.63, 3.8) is 0 Å². The SMILES string of the molecule is CC(C)(C)NC(=O)c1ccc(NC(=O)c2sccc2S(=O)(=O)N2CCSCC2)cc1. The summed E-state index contributed by atoms with van der Waals surface area (Å²) in [5.74, 6) is 0.814. The zero-order valence-electron chi connectivity index (χ0n) is 17.1. The molecule has 2 aromatic rings. The fourth-order valence-electron chi connectivity index (χ4n) is 2.90. The van der Waals surface area contributed by atoms with Crippen LogP contribution in [0.25, 0.3) is 0 Å². The number of amides is 2. The molecule has 1 aromatic heterocycles. The molecular formula is C20H25N3O4S3. The Bertz CT molecular complexity index is 1020. The van der Waals surface area contributed by atoms with Gasteiger partial charge in [0.05, 0.1) is 0 Å². The molecule has 0 unspecified atom stereocenters. The lowest BCUT2D eigenvalue weighted by molar-refractivity contribution is 0.0919. The van der Waals surface area contributed by atoms with Crippen LogP contribution in [-0.2, 0) is 10.0 Å². The van der Waals surface area contributed by atoms with Crippen LogP contribution < -0.4 is 10.6 Å². The number of nitrogens with zero attached hydrogens (tertiary/aromatic N) is 1. The van der Waals surface area contributed by atoms with Gasteiger partial charge in [0.2, 0.25) is 10.0 Å². The van der Waals surface area contributed by atoms with Crippen LogP contribution in [0, 0.1) is 0 Å². The van der Waals surface area contributed by atoms with Crippen molar-refractivity contribution in [2.45, 2.75) is 31.2 Å². The third-order valence-corrected chi connectivity index (χ3v) is 8.24. The maximum atomic E-state index is 13.0. The summed E-state index contributed by atoms with van der Waals surface area (Å²) in [6.45, 7) is 6.59. The van der Waals surface area contributed by atoms with E-state index < -0.39 is 15.9 Å². The van der Waals surface area contributed by atoms with Crippen LogP contribution >= 0.6 is 23.1 Å². The summed E-state index contributed by atoms with van der Waals surface area (Å²) in [4.78, 5) is 25.2. The average Bonchev–Trinajstić information content (AvgIpc) is 3.19. The molecule has 2 N–H and O–H groups in total. The first-order chi connectivity index (χ1) is 14.1. The van der Waals surface area contributed by atoms with Gasteiger partial charge in [-0.25, -0.2) is 8.42 Å². The van der Waals surface area contributed by atoms with Gasteiger partial charge in [-0.3, -0.25) is 9.59 Å². The number of rotatable bonds is 5. The molecule has 3 rings (SSSR count). The summed E-state index contributed by atoms with van der Waals surface area (Å²) in [5, 5.41) is 7.21. The molecule has 0 spiro atoms. The van der Waals surface area contributed by atoms with E-state index in [1.807, 2.05) is 20.8 Å². The van der Waals surface area contributed by atoms with Gasteiger partial charge in [0.1, 0.15) is 9.77 Å². The molecule has 2 amide bonds. The highest BCUT2D eigenvalue weighted by atomic mass is 32.2. The van der Waals surface area contributed by atoms with E-state index in [2.05, 4.69) is 10.6 Å². The van der Waals surface area contributed by atoms with E-state index in [-0.39, 0.29) is 21.2 Å². The Balaban J connectivity index is 1.73. The zero-order valence-corrected chi connectivity index (χ0v) is 19.5. The molecule has 162 valence electrons. The van der Waals surface area contributed by atoms with Gasteiger partial charge in [-0.2, -0.15) is 16.1 Å². The molecule has 30 heavy (non-hydrogen) atoms. The molecule has 0 bridgehead atoms. The van der Waals surface area contributed by atoms with Crippen molar-refractivity contribution in [1.82, 2.24) is 9.62 Å². The van der Waals surface area contributed by atoms with Gasteiger partial charge in [-0.05, 0) is 56.5 Å². The first-order valence-corrected chi connectivity index (χ1v) is 12.9.